The Morgan fingerprint density at radius 1 is 1.17 bits per heavy atom. The first-order valence-corrected chi connectivity index (χ1v) is 9.02. The Morgan fingerprint density at radius 3 is 2.75 bits per heavy atom. The number of amides is 1. The number of hydrogen-bond donors (Lipinski definition) is 1. The number of carbonyl (C=O) groups is 1. The molecule has 1 aromatic heterocycles. The molecule has 1 saturated heterocycles. The number of carbonyl (C=O) groups excluding carboxylic acids is 1. The first-order valence-electron chi connectivity index (χ1n) is 9.02. The molecule has 0 bridgehead atoms. The van der Waals surface area contributed by atoms with Crippen LogP contribution in [0.25, 0.3) is 10.9 Å². The number of hydrogen-bond acceptors (Lipinski definition) is 3. The van der Waals surface area contributed by atoms with E-state index in [1.165, 1.54) is 32.4 Å². The van der Waals surface area contributed by atoms with Gasteiger partial charge in [-0.15, -0.1) is 0 Å². The summed E-state index contributed by atoms with van der Waals surface area (Å²) in [7, 11) is 0. The number of nitrogens with one attached hydrogen (secondary N) is 1. The summed E-state index contributed by atoms with van der Waals surface area (Å²) < 4.78 is 0. The molecular formula is C20H27N3O. The lowest BCUT2D eigenvalue weighted by Gasteiger charge is -2.26. The first kappa shape index (κ1) is 16.9. The highest BCUT2D eigenvalue weighted by Crippen LogP contribution is 2.20. The maximum Gasteiger partial charge on any atom is 0.252 e. The maximum absolute atomic E-state index is 12.6. The van der Waals surface area contributed by atoms with E-state index in [1.54, 1.807) is 0 Å². The van der Waals surface area contributed by atoms with Crippen molar-refractivity contribution in [2.24, 2.45) is 0 Å². The third-order valence-corrected chi connectivity index (χ3v) is 4.72. The second-order valence-corrected chi connectivity index (χ2v) is 6.84. The number of aromatic nitrogens is 1. The van der Waals surface area contributed by atoms with Gasteiger partial charge in [0, 0.05) is 17.6 Å². The Balaban J connectivity index is 1.62. The highest BCUT2D eigenvalue weighted by atomic mass is 16.1. The van der Waals surface area contributed by atoms with Crippen LogP contribution >= 0.6 is 0 Å². The van der Waals surface area contributed by atoms with E-state index < -0.39 is 0 Å². The molecule has 3 rings (SSSR count). The van der Waals surface area contributed by atoms with Crippen molar-refractivity contribution in [2.45, 2.75) is 39.5 Å². The number of rotatable bonds is 5. The van der Waals surface area contributed by atoms with Crippen LogP contribution in [0.4, 0.5) is 0 Å². The van der Waals surface area contributed by atoms with Gasteiger partial charge in [-0.2, -0.15) is 0 Å². The molecule has 0 atom stereocenters. The topological polar surface area (TPSA) is 45.2 Å². The predicted octanol–water partition coefficient (Wildman–Crippen LogP) is 3.46. The molecule has 2 aromatic rings. The molecule has 4 nitrogen and oxygen atoms in total. The van der Waals surface area contributed by atoms with Gasteiger partial charge in [0.2, 0.25) is 0 Å². The zero-order valence-corrected chi connectivity index (χ0v) is 14.8. The molecule has 0 aliphatic carbocycles. The number of fused-ring (bicyclic) bond motifs is 1. The SMILES string of the molecule is Cc1ccc2nc(C)cc(C(=O)NCCCN3CCCCC3)c2c1. The summed E-state index contributed by atoms with van der Waals surface area (Å²) in [6.45, 7) is 8.20. The van der Waals surface area contributed by atoms with Gasteiger partial charge in [-0.1, -0.05) is 18.1 Å². The Hall–Kier alpha value is -1.94. The molecular weight excluding hydrogens is 298 g/mol. The average Bonchev–Trinajstić information content (AvgIpc) is 2.59. The Bertz CT molecular complexity index is 720. The van der Waals surface area contributed by atoms with Crippen molar-refractivity contribution in [3.63, 3.8) is 0 Å². The Kier molecular flexibility index (Phi) is 5.46. The van der Waals surface area contributed by atoms with E-state index in [-0.39, 0.29) is 5.91 Å². The standard InChI is InChI=1S/C20H27N3O/c1-15-7-8-19-17(13-15)18(14-16(2)22-19)20(24)21-9-6-12-23-10-4-3-5-11-23/h7-8,13-14H,3-6,9-12H2,1-2H3,(H,21,24). The molecule has 128 valence electrons. The van der Waals surface area contributed by atoms with Crippen LogP contribution in [-0.2, 0) is 0 Å². The maximum atomic E-state index is 12.6. The van der Waals surface area contributed by atoms with Gasteiger partial charge in [0.25, 0.3) is 5.91 Å². The van der Waals surface area contributed by atoms with Crippen LogP contribution in [0.5, 0.6) is 0 Å². The normalized spacial score (nSPS) is 15.6. The largest absolute Gasteiger partial charge is 0.352 e. The quantitative estimate of drug-likeness (QED) is 0.856. The Labute approximate surface area is 144 Å². The third-order valence-electron chi connectivity index (χ3n) is 4.72. The van der Waals surface area contributed by atoms with Crippen LogP contribution in [0.1, 0.15) is 47.3 Å². The van der Waals surface area contributed by atoms with E-state index in [4.69, 9.17) is 0 Å². The molecule has 4 heteroatoms. The Morgan fingerprint density at radius 2 is 1.96 bits per heavy atom. The fourth-order valence-electron chi connectivity index (χ4n) is 3.44. The van der Waals surface area contributed by atoms with Crippen LogP contribution in [0.15, 0.2) is 24.3 Å². The molecule has 0 spiro atoms. The predicted molar refractivity (Wildman–Crippen MR) is 98.5 cm³/mol. The molecule has 1 amide bonds. The molecule has 2 heterocycles. The van der Waals surface area contributed by atoms with E-state index in [2.05, 4.69) is 15.2 Å². The van der Waals surface area contributed by atoms with Gasteiger partial charge < -0.3 is 10.2 Å². The summed E-state index contributed by atoms with van der Waals surface area (Å²) in [6.07, 6.45) is 5.00. The summed E-state index contributed by atoms with van der Waals surface area (Å²) in [5.74, 6) is 0.00902. The monoisotopic (exact) mass is 325 g/mol. The molecule has 1 aliphatic heterocycles. The number of likely N-dealkylation sites (tertiary alicyclic amines) is 1. The minimum Gasteiger partial charge on any atom is -0.352 e. The molecule has 1 aliphatic rings. The fourth-order valence-corrected chi connectivity index (χ4v) is 3.44. The van der Waals surface area contributed by atoms with Crippen LogP contribution in [0.2, 0.25) is 0 Å². The van der Waals surface area contributed by atoms with Gasteiger partial charge in [-0.3, -0.25) is 9.78 Å². The molecule has 1 fully saturated rings. The van der Waals surface area contributed by atoms with Crippen LogP contribution in [0, 0.1) is 13.8 Å². The number of benzene rings is 1. The van der Waals surface area contributed by atoms with Crippen LogP contribution in [-0.4, -0.2) is 42.0 Å². The van der Waals surface area contributed by atoms with Crippen molar-refractivity contribution in [1.82, 2.24) is 15.2 Å². The minimum atomic E-state index is 0.00902. The van der Waals surface area contributed by atoms with E-state index in [9.17, 15) is 4.79 Å². The van der Waals surface area contributed by atoms with Gasteiger partial charge >= 0.3 is 0 Å². The van der Waals surface area contributed by atoms with Crippen molar-refractivity contribution < 1.29 is 4.79 Å². The first-order chi connectivity index (χ1) is 11.6. The second-order valence-electron chi connectivity index (χ2n) is 6.84. The molecule has 1 aromatic carbocycles. The lowest BCUT2D eigenvalue weighted by atomic mass is 10.0. The lowest BCUT2D eigenvalue weighted by Crippen LogP contribution is -2.33. The van der Waals surface area contributed by atoms with E-state index in [1.807, 2.05) is 38.1 Å². The van der Waals surface area contributed by atoms with Crippen molar-refractivity contribution in [3.8, 4) is 0 Å². The summed E-state index contributed by atoms with van der Waals surface area (Å²) >= 11 is 0. The third kappa shape index (κ3) is 4.12. The number of aryl methyl sites for hydroxylation is 2. The summed E-state index contributed by atoms with van der Waals surface area (Å²) in [6, 6.07) is 7.96. The van der Waals surface area contributed by atoms with Gasteiger partial charge in [-0.25, -0.2) is 0 Å². The van der Waals surface area contributed by atoms with E-state index >= 15 is 0 Å². The highest BCUT2D eigenvalue weighted by molar-refractivity contribution is 6.06. The van der Waals surface area contributed by atoms with Crippen molar-refractivity contribution >= 4 is 16.8 Å². The minimum absolute atomic E-state index is 0.00902. The molecule has 0 saturated carbocycles. The van der Waals surface area contributed by atoms with Crippen LogP contribution < -0.4 is 5.32 Å². The van der Waals surface area contributed by atoms with E-state index in [0.717, 1.165) is 47.2 Å². The number of piperidine rings is 1. The summed E-state index contributed by atoms with van der Waals surface area (Å²) in [5, 5.41) is 4.02. The zero-order chi connectivity index (χ0) is 16.9. The van der Waals surface area contributed by atoms with Crippen molar-refractivity contribution in [3.05, 3.63) is 41.1 Å². The summed E-state index contributed by atoms with van der Waals surface area (Å²) in [5.41, 5.74) is 3.65. The van der Waals surface area contributed by atoms with Crippen molar-refractivity contribution in [1.29, 1.82) is 0 Å². The molecule has 1 N–H and O–H groups in total. The van der Waals surface area contributed by atoms with Crippen LogP contribution in [0.3, 0.4) is 0 Å². The highest BCUT2D eigenvalue weighted by Gasteiger charge is 2.13. The average molecular weight is 325 g/mol. The van der Waals surface area contributed by atoms with E-state index in [0.29, 0.717) is 0 Å². The van der Waals surface area contributed by atoms with Gasteiger partial charge in [0.05, 0.1) is 11.1 Å². The number of pyridine rings is 1. The second kappa shape index (κ2) is 7.75. The molecule has 0 unspecified atom stereocenters. The van der Waals surface area contributed by atoms with Gasteiger partial charge in [0.1, 0.15) is 0 Å². The van der Waals surface area contributed by atoms with Crippen molar-refractivity contribution in [2.75, 3.05) is 26.2 Å². The lowest BCUT2D eigenvalue weighted by molar-refractivity contribution is 0.0952. The van der Waals surface area contributed by atoms with Gasteiger partial charge in [0.15, 0.2) is 0 Å². The zero-order valence-electron chi connectivity index (χ0n) is 14.8. The summed E-state index contributed by atoms with van der Waals surface area (Å²) in [4.78, 5) is 19.7. The number of nitrogens with zero attached hydrogens (tertiary/aromatic N) is 2. The molecule has 0 radical (unpaired) electrons. The molecule has 24 heavy (non-hydrogen) atoms. The van der Waals surface area contributed by atoms with Gasteiger partial charge in [-0.05, 0) is 70.9 Å². The fraction of sp³-hybridized carbons (Fsp3) is 0.500. The smallest absolute Gasteiger partial charge is 0.252 e.